The average Bonchev–Trinajstić information content (AvgIpc) is 2.76. The van der Waals surface area contributed by atoms with Gasteiger partial charge in [-0.15, -0.1) is 0 Å². The van der Waals surface area contributed by atoms with E-state index in [-0.39, 0.29) is 11.9 Å². The van der Waals surface area contributed by atoms with E-state index in [2.05, 4.69) is 20.6 Å². The van der Waals surface area contributed by atoms with Crippen molar-refractivity contribution < 1.29 is 14.3 Å². The Kier molecular flexibility index (Phi) is 8.14. The van der Waals surface area contributed by atoms with Gasteiger partial charge in [0.1, 0.15) is 17.3 Å². The Morgan fingerprint density at radius 1 is 1.03 bits per heavy atom. The molecule has 8 heteroatoms. The molecule has 0 radical (unpaired) electrons. The SMILES string of the molecule is CCOc1cc(OCC)cc(C(=O)NC2CCC(Nc3nc(N(C)C)ncc3C)CC2)c1. The Balaban J connectivity index is 1.57. The lowest BCUT2D eigenvalue weighted by Gasteiger charge is -2.30. The topological polar surface area (TPSA) is 88.6 Å². The van der Waals surface area contributed by atoms with E-state index in [9.17, 15) is 4.79 Å². The summed E-state index contributed by atoms with van der Waals surface area (Å²) in [7, 11) is 3.87. The van der Waals surface area contributed by atoms with Crippen molar-refractivity contribution in [3.05, 3.63) is 35.5 Å². The van der Waals surface area contributed by atoms with E-state index in [1.54, 1.807) is 12.1 Å². The lowest BCUT2D eigenvalue weighted by atomic mass is 9.91. The zero-order valence-corrected chi connectivity index (χ0v) is 19.8. The maximum absolute atomic E-state index is 12.9. The second-order valence-corrected chi connectivity index (χ2v) is 8.32. The van der Waals surface area contributed by atoms with Crippen molar-refractivity contribution in [2.24, 2.45) is 0 Å². The van der Waals surface area contributed by atoms with Crippen LogP contribution >= 0.6 is 0 Å². The number of aromatic nitrogens is 2. The molecule has 0 spiro atoms. The normalized spacial score (nSPS) is 18.0. The second-order valence-electron chi connectivity index (χ2n) is 8.32. The van der Waals surface area contributed by atoms with E-state index in [4.69, 9.17) is 9.47 Å². The van der Waals surface area contributed by atoms with Crippen LogP contribution in [0.1, 0.15) is 55.5 Å². The molecule has 0 bridgehead atoms. The van der Waals surface area contributed by atoms with Crippen LogP contribution in [0.2, 0.25) is 0 Å². The number of aryl methyl sites for hydroxylation is 1. The number of nitrogens with zero attached hydrogens (tertiary/aromatic N) is 3. The molecule has 2 aromatic rings. The zero-order valence-electron chi connectivity index (χ0n) is 19.8. The molecule has 1 aromatic carbocycles. The summed E-state index contributed by atoms with van der Waals surface area (Å²) in [5.74, 6) is 2.78. The number of rotatable bonds is 9. The van der Waals surface area contributed by atoms with Crippen LogP contribution in [-0.4, -0.2) is 55.3 Å². The largest absolute Gasteiger partial charge is 0.494 e. The maximum Gasteiger partial charge on any atom is 0.251 e. The molecule has 1 amide bonds. The lowest BCUT2D eigenvalue weighted by Crippen LogP contribution is -2.40. The fraction of sp³-hybridized carbons (Fsp3) is 0.542. The van der Waals surface area contributed by atoms with Crippen LogP contribution < -0.4 is 25.0 Å². The Morgan fingerprint density at radius 3 is 2.19 bits per heavy atom. The predicted molar refractivity (Wildman–Crippen MR) is 127 cm³/mol. The van der Waals surface area contributed by atoms with Crippen molar-refractivity contribution in [2.75, 3.05) is 37.5 Å². The van der Waals surface area contributed by atoms with Gasteiger partial charge in [-0.2, -0.15) is 4.98 Å². The highest BCUT2D eigenvalue weighted by atomic mass is 16.5. The fourth-order valence-corrected chi connectivity index (χ4v) is 3.84. The third-order valence-corrected chi connectivity index (χ3v) is 5.53. The minimum Gasteiger partial charge on any atom is -0.494 e. The average molecular weight is 442 g/mol. The minimum atomic E-state index is -0.0915. The molecule has 1 aliphatic rings. The van der Waals surface area contributed by atoms with E-state index >= 15 is 0 Å². The first-order valence-corrected chi connectivity index (χ1v) is 11.4. The summed E-state index contributed by atoms with van der Waals surface area (Å²) in [6.07, 6.45) is 5.61. The van der Waals surface area contributed by atoms with E-state index in [0.29, 0.717) is 42.3 Å². The van der Waals surface area contributed by atoms with Crippen LogP contribution in [0.15, 0.2) is 24.4 Å². The van der Waals surface area contributed by atoms with E-state index in [1.165, 1.54) is 0 Å². The molecular formula is C24H35N5O3. The van der Waals surface area contributed by atoms with Crippen molar-refractivity contribution in [1.29, 1.82) is 0 Å². The maximum atomic E-state index is 12.9. The van der Waals surface area contributed by atoms with Crippen molar-refractivity contribution in [3.8, 4) is 11.5 Å². The van der Waals surface area contributed by atoms with Gasteiger partial charge in [-0.25, -0.2) is 4.98 Å². The number of benzene rings is 1. The summed E-state index contributed by atoms with van der Waals surface area (Å²) >= 11 is 0. The molecular weight excluding hydrogens is 406 g/mol. The lowest BCUT2D eigenvalue weighted by molar-refractivity contribution is 0.0925. The quantitative estimate of drug-likeness (QED) is 0.612. The molecule has 2 N–H and O–H groups in total. The number of anilines is 2. The van der Waals surface area contributed by atoms with E-state index in [1.807, 2.05) is 52.0 Å². The van der Waals surface area contributed by atoms with Crippen LogP contribution in [0.3, 0.4) is 0 Å². The van der Waals surface area contributed by atoms with Crippen molar-refractivity contribution in [2.45, 2.75) is 58.5 Å². The number of carbonyl (C=O) groups is 1. The third kappa shape index (κ3) is 6.24. The molecule has 8 nitrogen and oxygen atoms in total. The number of amides is 1. The van der Waals surface area contributed by atoms with Crippen LogP contribution in [0, 0.1) is 6.92 Å². The number of nitrogens with one attached hydrogen (secondary N) is 2. The summed E-state index contributed by atoms with van der Waals surface area (Å²) in [4.78, 5) is 23.8. The summed E-state index contributed by atoms with van der Waals surface area (Å²) in [6.45, 7) is 6.93. The molecule has 0 saturated heterocycles. The summed E-state index contributed by atoms with van der Waals surface area (Å²) in [5, 5.41) is 6.75. The standard InChI is InChI=1S/C24H35N5O3/c1-6-31-20-12-17(13-21(14-20)32-7-2)23(30)27-19-10-8-18(9-11-19)26-22-16(3)15-25-24(28-22)29(4)5/h12-15,18-19H,6-11H2,1-5H3,(H,27,30)(H,25,26,28). The molecule has 1 saturated carbocycles. The molecule has 1 aromatic heterocycles. The second kappa shape index (κ2) is 11.0. The molecule has 1 aliphatic carbocycles. The number of carbonyl (C=O) groups excluding carboxylic acids is 1. The molecule has 1 heterocycles. The molecule has 32 heavy (non-hydrogen) atoms. The van der Waals surface area contributed by atoms with Gasteiger partial charge in [0, 0.05) is 49.6 Å². The van der Waals surface area contributed by atoms with Gasteiger partial charge in [0.15, 0.2) is 0 Å². The van der Waals surface area contributed by atoms with E-state index < -0.39 is 0 Å². The molecule has 0 aliphatic heterocycles. The van der Waals surface area contributed by atoms with E-state index in [0.717, 1.165) is 37.1 Å². The highest BCUT2D eigenvalue weighted by Gasteiger charge is 2.24. The van der Waals surface area contributed by atoms with Crippen molar-refractivity contribution in [1.82, 2.24) is 15.3 Å². The van der Waals surface area contributed by atoms with Gasteiger partial charge in [-0.1, -0.05) is 0 Å². The van der Waals surface area contributed by atoms with Crippen LogP contribution in [-0.2, 0) is 0 Å². The molecule has 0 unspecified atom stereocenters. The Hall–Kier alpha value is -3.03. The van der Waals surface area contributed by atoms with Gasteiger partial charge in [-0.3, -0.25) is 4.79 Å². The highest BCUT2D eigenvalue weighted by Crippen LogP contribution is 2.26. The van der Waals surface area contributed by atoms with Gasteiger partial charge in [-0.05, 0) is 58.6 Å². The summed E-state index contributed by atoms with van der Waals surface area (Å²) < 4.78 is 11.2. The van der Waals surface area contributed by atoms with Gasteiger partial charge in [0.25, 0.3) is 5.91 Å². The predicted octanol–water partition coefficient (Wildman–Crippen LogP) is 3.80. The molecule has 3 rings (SSSR count). The molecule has 174 valence electrons. The fourth-order valence-electron chi connectivity index (χ4n) is 3.84. The zero-order chi connectivity index (χ0) is 23.1. The van der Waals surface area contributed by atoms with Crippen molar-refractivity contribution >= 4 is 17.7 Å². The van der Waals surface area contributed by atoms with Crippen LogP contribution in [0.4, 0.5) is 11.8 Å². The van der Waals surface area contributed by atoms with Gasteiger partial charge < -0.3 is 25.0 Å². The third-order valence-electron chi connectivity index (χ3n) is 5.53. The summed E-state index contributed by atoms with van der Waals surface area (Å²) in [6, 6.07) is 5.84. The number of ether oxygens (including phenoxy) is 2. The molecule has 0 atom stereocenters. The number of hydrogen-bond donors (Lipinski definition) is 2. The first-order valence-electron chi connectivity index (χ1n) is 11.4. The smallest absolute Gasteiger partial charge is 0.251 e. The van der Waals surface area contributed by atoms with Crippen molar-refractivity contribution in [3.63, 3.8) is 0 Å². The van der Waals surface area contributed by atoms with Crippen LogP contribution in [0.5, 0.6) is 11.5 Å². The molecule has 1 fully saturated rings. The van der Waals surface area contributed by atoms with Gasteiger partial charge >= 0.3 is 0 Å². The summed E-state index contributed by atoms with van der Waals surface area (Å²) in [5.41, 5.74) is 1.60. The van der Waals surface area contributed by atoms with Gasteiger partial charge in [0.2, 0.25) is 5.95 Å². The van der Waals surface area contributed by atoms with Crippen LogP contribution in [0.25, 0.3) is 0 Å². The first-order chi connectivity index (χ1) is 15.4. The highest BCUT2D eigenvalue weighted by molar-refractivity contribution is 5.95. The Morgan fingerprint density at radius 2 is 1.62 bits per heavy atom. The van der Waals surface area contributed by atoms with Gasteiger partial charge in [0.05, 0.1) is 13.2 Å². The first kappa shape index (κ1) is 23.6. The number of hydrogen-bond acceptors (Lipinski definition) is 7. The minimum absolute atomic E-state index is 0.0915. The Labute approximate surface area is 190 Å². The monoisotopic (exact) mass is 441 g/mol. The Bertz CT molecular complexity index is 886.